The van der Waals surface area contributed by atoms with Crippen molar-refractivity contribution < 1.29 is 4.74 Å². The lowest BCUT2D eigenvalue weighted by Crippen LogP contribution is -2.20. The molecule has 2 aromatic rings. The normalized spacial score (nSPS) is 17.4. The van der Waals surface area contributed by atoms with Gasteiger partial charge in [0, 0.05) is 22.6 Å². The number of para-hydroxylation sites is 1. The van der Waals surface area contributed by atoms with Crippen LogP contribution in [0.4, 0.5) is 5.69 Å². The predicted molar refractivity (Wildman–Crippen MR) is 81.9 cm³/mol. The molecule has 0 radical (unpaired) electrons. The lowest BCUT2D eigenvalue weighted by atomic mass is 9.93. The third kappa shape index (κ3) is 2.92. The fourth-order valence-electron chi connectivity index (χ4n) is 2.47. The monoisotopic (exact) mass is 317 g/mol. The van der Waals surface area contributed by atoms with Crippen LogP contribution in [0.2, 0.25) is 0 Å². The van der Waals surface area contributed by atoms with Gasteiger partial charge in [0.1, 0.15) is 5.75 Å². The molecule has 1 heterocycles. The quantitative estimate of drug-likeness (QED) is 0.904. The molecule has 0 fully saturated rings. The van der Waals surface area contributed by atoms with Gasteiger partial charge < -0.3 is 10.1 Å². The second-order valence-electron chi connectivity index (χ2n) is 4.76. The van der Waals surface area contributed by atoms with Crippen LogP contribution in [-0.4, -0.2) is 13.2 Å². The Morgan fingerprint density at radius 1 is 1.16 bits per heavy atom. The van der Waals surface area contributed by atoms with Crippen LogP contribution in [0.15, 0.2) is 53.0 Å². The number of nitrogens with one attached hydrogen (secondary N) is 1. The standard InChI is InChI=1S/C16H16BrNO/c17-13-4-3-5-14(10-13)18-11-12-8-9-19-16-7-2-1-6-15(12)16/h1-7,10,12,18H,8-9,11H2. The fraction of sp³-hybridized carbons (Fsp3) is 0.250. The highest BCUT2D eigenvalue weighted by Gasteiger charge is 2.20. The molecule has 0 saturated carbocycles. The molecule has 1 aliphatic heterocycles. The summed E-state index contributed by atoms with van der Waals surface area (Å²) in [5.74, 6) is 1.55. The van der Waals surface area contributed by atoms with Gasteiger partial charge in [-0.1, -0.05) is 40.2 Å². The molecule has 2 aromatic carbocycles. The first-order valence-corrected chi connectivity index (χ1v) is 7.33. The van der Waals surface area contributed by atoms with E-state index < -0.39 is 0 Å². The summed E-state index contributed by atoms with van der Waals surface area (Å²) in [5.41, 5.74) is 2.47. The van der Waals surface area contributed by atoms with Crippen LogP contribution in [0.25, 0.3) is 0 Å². The third-order valence-corrected chi connectivity index (χ3v) is 3.95. The Hall–Kier alpha value is -1.48. The maximum absolute atomic E-state index is 5.69. The molecule has 98 valence electrons. The van der Waals surface area contributed by atoms with E-state index in [0.717, 1.165) is 35.5 Å². The van der Waals surface area contributed by atoms with Gasteiger partial charge in [-0.25, -0.2) is 0 Å². The Kier molecular flexibility index (Phi) is 3.74. The summed E-state index contributed by atoms with van der Waals surface area (Å²) in [6.45, 7) is 1.75. The van der Waals surface area contributed by atoms with Crippen LogP contribution in [0.5, 0.6) is 5.75 Å². The summed E-state index contributed by atoms with van der Waals surface area (Å²) in [6.07, 6.45) is 1.07. The van der Waals surface area contributed by atoms with Crippen LogP contribution in [0, 0.1) is 0 Å². The summed E-state index contributed by atoms with van der Waals surface area (Å²) in [5, 5.41) is 3.51. The molecular formula is C16H16BrNO. The van der Waals surface area contributed by atoms with Crippen molar-refractivity contribution >= 4 is 21.6 Å². The van der Waals surface area contributed by atoms with Crippen molar-refractivity contribution in [3.05, 3.63) is 58.6 Å². The van der Waals surface area contributed by atoms with E-state index >= 15 is 0 Å². The average Bonchev–Trinajstić information content (AvgIpc) is 2.45. The van der Waals surface area contributed by atoms with Gasteiger partial charge in [-0.3, -0.25) is 0 Å². The van der Waals surface area contributed by atoms with Crippen molar-refractivity contribution in [2.24, 2.45) is 0 Å². The molecule has 0 saturated heterocycles. The molecule has 1 N–H and O–H groups in total. The van der Waals surface area contributed by atoms with Gasteiger partial charge in [-0.15, -0.1) is 0 Å². The van der Waals surface area contributed by atoms with E-state index in [0.29, 0.717) is 5.92 Å². The van der Waals surface area contributed by atoms with E-state index in [-0.39, 0.29) is 0 Å². The highest BCUT2D eigenvalue weighted by molar-refractivity contribution is 9.10. The SMILES string of the molecule is Brc1cccc(NCC2CCOc3ccccc32)c1. The molecule has 2 nitrogen and oxygen atoms in total. The van der Waals surface area contributed by atoms with Crippen LogP contribution >= 0.6 is 15.9 Å². The number of anilines is 1. The van der Waals surface area contributed by atoms with E-state index in [1.54, 1.807) is 0 Å². The molecule has 3 rings (SSSR count). The van der Waals surface area contributed by atoms with Gasteiger partial charge in [-0.2, -0.15) is 0 Å². The Morgan fingerprint density at radius 3 is 2.95 bits per heavy atom. The second kappa shape index (κ2) is 5.66. The predicted octanol–water partition coefficient (Wildman–Crippen LogP) is 4.43. The lowest BCUT2D eigenvalue weighted by Gasteiger charge is -2.26. The topological polar surface area (TPSA) is 21.3 Å². The minimum atomic E-state index is 0.518. The highest BCUT2D eigenvalue weighted by atomic mass is 79.9. The largest absolute Gasteiger partial charge is 0.493 e. The van der Waals surface area contributed by atoms with Crippen molar-refractivity contribution in [2.45, 2.75) is 12.3 Å². The number of ether oxygens (including phenoxy) is 1. The first kappa shape index (κ1) is 12.5. The van der Waals surface area contributed by atoms with Crippen LogP contribution in [0.3, 0.4) is 0 Å². The zero-order valence-electron chi connectivity index (χ0n) is 10.6. The van der Waals surface area contributed by atoms with Crippen LogP contribution in [0.1, 0.15) is 17.9 Å². The molecule has 1 aliphatic rings. The summed E-state index contributed by atoms with van der Waals surface area (Å²) >= 11 is 3.49. The van der Waals surface area contributed by atoms with E-state index in [1.807, 2.05) is 18.2 Å². The van der Waals surface area contributed by atoms with Gasteiger partial charge in [0.25, 0.3) is 0 Å². The minimum absolute atomic E-state index is 0.518. The zero-order chi connectivity index (χ0) is 13.1. The lowest BCUT2D eigenvalue weighted by molar-refractivity contribution is 0.270. The van der Waals surface area contributed by atoms with Gasteiger partial charge in [-0.05, 0) is 36.2 Å². The average molecular weight is 318 g/mol. The van der Waals surface area contributed by atoms with E-state index in [1.165, 1.54) is 5.56 Å². The fourth-order valence-corrected chi connectivity index (χ4v) is 2.87. The smallest absolute Gasteiger partial charge is 0.122 e. The highest BCUT2D eigenvalue weighted by Crippen LogP contribution is 2.33. The van der Waals surface area contributed by atoms with E-state index in [4.69, 9.17) is 4.74 Å². The molecule has 0 aromatic heterocycles. The molecule has 0 amide bonds. The van der Waals surface area contributed by atoms with Gasteiger partial charge in [0.2, 0.25) is 0 Å². The molecule has 0 bridgehead atoms. The van der Waals surface area contributed by atoms with Gasteiger partial charge in [0.15, 0.2) is 0 Å². The van der Waals surface area contributed by atoms with Crippen molar-refractivity contribution in [3.8, 4) is 5.75 Å². The van der Waals surface area contributed by atoms with Crippen molar-refractivity contribution in [3.63, 3.8) is 0 Å². The van der Waals surface area contributed by atoms with Crippen molar-refractivity contribution in [1.82, 2.24) is 0 Å². The first-order valence-electron chi connectivity index (χ1n) is 6.54. The molecule has 3 heteroatoms. The Morgan fingerprint density at radius 2 is 2.05 bits per heavy atom. The summed E-state index contributed by atoms with van der Waals surface area (Å²) in [4.78, 5) is 0. The third-order valence-electron chi connectivity index (χ3n) is 3.46. The van der Waals surface area contributed by atoms with Crippen LogP contribution < -0.4 is 10.1 Å². The van der Waals surface area contributed by atoms with E-state index in [2.05, 4.69) is 51.6 Å². The number of hydrogen-bond donors (Lipinski definition) is 1. The number of halogens is 1. The summed E-state index contributed by atoms with van der Waals surface area (Å²) in [7, 11) is 0. The van der Waals surface area contributed by atoms with E-state index in [9.17, 15) is 0 Å². The number of hydrogen-bond acceptors (Lipinski definition) is 2. The summed E-state index contributed by atoms with van der Waals surface area (Å²) < 4.78 is 6.79. The first-order chi connectivity index (χ1) is 9.33. The molecular weight excluding hydrogens is 302 g/mol. The number of benzene rings is 2. The van der Waals surface area contributed by atoms with Crippen LogP contribution in [-0.2, 0) is 0 Å². The molecule has 1 atom stereocenters. The Balaban J connectivity index is 1.71. The zero-order valence-corrected chi connectivity index (χ0v) is 12.2. The maximum Gasteiger partial charge on any atom is 0.122 e. The molecule has 0 spiro atoms. The van der Waals surface area contributed by atoms with Gasteiger partial charge >= 0.3 is 0 Å². The molecule has 19 heavy (non-hydrogen) atoms. The molecule has 1 unspecified atom stereocenters. The maximum atomic E-state index is 5.69. The Bertz CT molecular complexity index is 570. The number of fused-ring (bicyclic) bond motifs is 1. The van der Waals surface area contributed by atoms with Crippen molar-refractivity contribution in [2.75, 3.05) is 18.5 Å². The van der Waals surface area contributed by atoms with Crippen molar-refractivity contribution in [1.29, 1.82) is 0 Å². The number of rotatable bonds is 3. The minimum Gasteiger partial charge on any atom is -0.493 e. The summed E-state index contributed by atoms with van der Waals surface area (Å²) in [6, 6.07) is 16.6. The second-order valence-corrected chi connectivity index (χ2v) is 5.68. The molecule has 0 aliphatic carbocycles. The Labute approximate surface area is 121 Å². The van der Waals surface area contributed by atoms with Gasteiger partial charge in [0.05, 0.1) is 6.61 Å².